The van der Waals surface area contributed by atoms with Crippen molar-refractivity contribution in [3.05, 3.63) is 0 Å². The average molecular weight is 161 g/mol. The predicted octanol–water partition coefficient (Wildman–Crippen LogP) is 0.383. The van der Waals surface area contributed by atoms with Gasteiger partial charge in [0.2, 0.25) is 0 Å². The molecule has 1 unspecified atom stereocenters. The van der Waals surface area contributed by atoms with E-state index in [1.165, 1.54) is 0 Å². The second-order valence-corrected chi connectivity index (χ2v) is 2.76. The lowest BCUT2D eigenvalue weighted by atomic mass is 9.98. The number of hydrogen-bond acceptors (Lipinski definition) is 3. The topological polar surface area (TPSA) is 41.5 Å². The molecular weight excluding hydrogens is 142 g/mol. The number of likely N-dealkylation sites (N-methyl/N-ethyl adjacent to an activating group) is 1. The van der Waals surface area contributed by atoms with Crippen LogP contribution in [0.5, 0.6) is 0 Å². The number of aliphatic hydroxyl groups excluding tert-OH is 1. The van der Waals surface area contributed by atoms with E-state index >= 15 is 0 Å². The smallest absolute Gasteiger partial charge is 0.0666 e. The summed E-state index contributed by atoms with van der Waals surface area (Å²) < 4.78 is 5.02. The standard InChI is InChI=1S/C8H19NO2/c1-4-8(6-10,7-11-3)9-5-2/h9-10H,4-7H2,1-3H3. The molecule has 0 rings (SSSR count). The molecule has 11 heavy (non-hydrogen) atoms. The number of aliphatic hydroxyl groups is 1. The zero-order valence-electron chi connectivity index (χ0n) is 7.68. The predicted molar refractivity (Wildman–Crippen MR) is 45.7 cm³/mol. The highest BCUT2D eigenvalue weighted by molar-refractivity contribution is 4.85. The third-order valence-corrected chi connectivity index (χ3v) is 1.95. The van der Waals surface area contributed by atoms with Crippen molar-refractivity contribution in [2.75, 3.05) is 26.9 Å². The lowest BCUT2D eigenvalue weighted by Crippen LogP contribution is -2.51. The van der Waals surface area contributed by atoms with Crippen molar-refractivity contribution in [2.24, 2.45) is 0 Å². The summed E-state index contributed by atoms with van der Waals surface area (Å²) in [5.41, 5.74) is -0.233. The van der Waals surface area contributed by atoms with E-state index in [1.54, 1.807) is 7.11 Å². The molecule has 0 heterocycles. The molecule has 0 aliphatic rings. The van der Waals surface area contributed by atoms with Gasteiger partial charge in [0.15, 0.2) is 0 Å². The monoisotopic (exact) mass is 161 g/mol. The minimum Gasteiger partial charge on any atom is -0.394 e. The summed E-state index contributed by atoms with van der Waals surface area (Å²) in [5.74, 6) is 0. The van der Waals surface area contributed by atoms with Crippen molar-refractivity contribution in [1.82, 2.24) is 5.32 Å². The minimum atomic E-state index is -0.233. The minimum absolute atomic E-state index is 0.130. The molecule has 68 valence electrons. The molecule has 0 saturated heterocycles. The van der Waals surface area contributed by atoms with Gasteiger partial charge in [-0.25, -0.2) is 0 Å². The molecule has 0 aliphatic carbocycles. The fraction of sp³-hybridized carbons (Fsp3) is 1.00. The first-order chi connectivity index (χ1) is 5.24. The number of ether oxygens (including phenoxy) is 1. The van der Waals surface area contributed by atoms with Crippen LogP contribution >= 0.6 is 0 Å². The number of nitrogens with one attached hydrogen (secondary N) is 1. The number of rotatable bonds is 6. The second kappa shape index (κ2) is 5.52. The van der Waals surface area contributed by atoms with Gasteiger partial charge >= 0.3 is 0 Å². The second-order valence-electron chi connectivity index (χ2n) is 2.76. The van der Waals surface area contributed by atoms with Crippen LogP contribution in [0.25, 0.3) is 0 Å². The molecule has 0 aliphatic heterocycles. The fourth-order valence-corrected chi connectivity index (χ4v) is 1.14. The maximum atomic E-state index is 9.10. The van der Waals surface area contributed by atoms with E-state index < -0.39 is 0 Å². The Kier molecular flexibility index (Phi) is 5.46. The summed E-state index contributed by atoms with van der Waals surface area (Å²) in [6.07, 6.45) is 0.880. The first-order valence-electron chi connectivity index (χ1n) is 4.09. The lowest BCUT2D eigenvalue weighted by molar-refractivity contribution is 0.0609. The first-order valence-corrected chi connectivity index (χ1v) is 4.09. The molecule has 3 heteroatoms. The Morgan fingerprint density at radius 2 is 2.09 bits per heavy atom. The van der Waals surface area contributed by atoms with Crippen LogP contribution in [0.3, 0.4) is 0 Å². The Bertz CT molecular complexity index is 84.1. The van der Waals surface area contributed by atoms with E-state index in [0.717, 1.165) is 13.0 Å². The average Bonchev–Trinajstić information content (AvgIpc) is 2.04. The molecule has 0 saturated carbocycles. The quantitative estimate of drug-likeness (QED) is 0.592. The molecule has 0 aromatic heterocycles. The van der Waals surface area contributed by atoms with Crippen LogP contribution in [-0.2, 0) is 4.74 Å². The Morgan fingerprint density at radius 1 is 1.45 bits per heavy atom. The largest absolute Gasteiger partial charge is 0.394 e. The van der Waals surface area contributed by atoms with E-state index in [4.69, 9.17) is 9.84 Å². The zero-order valence-corrected chi connectivity index (χ0v) is 7.68. The van der Waals surface area contributed by atoms with Gasteiger partial charge in [-0.15, -0.1) is 0 Å². The molecule has 0 bridgehead atoms. The summed E-state index contributed by atoms with van der Waals surface area (Å²) in [6.45, 7) is 5.62. The van der Waals surface area contributed by atoms with E-state index in [0.29, 0.717) is 6.61 Å². The zero-order chi connectivity index (χ0) is 8.74. The van der Waals surface area contributed by atoms with Crippen LogP contribution in [0.15, 0.2) is 0 Å². The first kappa shape index (κ1) is 10.9. The molecule has 1 atom stereocenters. The Balaban J connectivity index is 3.96. The maximum absolute atomic E-state index is 9.10. The van der Waals surface area contributed by atoms with Crippen LogP contribution in [0.1, 0.15) is 20.3 Å². The third-order valence-electron chi connectivity index (χ3n) is 1.95. The van der Waals surface area contributed by atoms with Gasteiger partial charge in [-0.2, -0.15) is 0 Å². The van der Waals surface area contributed by atoms with Crippen LogP contribution in [0, 0.1) is 0 Å². The Labute approximate surface area is 68.8 Å². The number of methoxy groups -OCH3 is 1. The molecule has 0 radical (unpaired) electrons. The van der Waals surface area contributed by atoms with Gasteiger partial charge in [-0.3, -0.25) is 0 Å². The Morgan fingerprint density at radius 3 is 2.36 bits per heavy atom. The highest BCUT2D eigenvalue weighted by Crippen LogP contribution is 2.08. The summed E-state index contributed by atoms with van der Waals surface area (Å²) in [5, 5.41) is 12.3. The van der Waals surface area contributed by atoms with Crippen molar-refractivity contribution in [1.29, 1.82) is 0 Å². The molecule has 0 amide bonds. The fourth-order valence-electron chi connectivity index (χ4n) is 1.14. The van der Waals surface area contributed by atoms with Crippen LogP contribution in [0.4, 0.5) is 0 Å². The summed E-state index contributed by atoms with van der Waals surface area (Å²) >= 11 is 0. The van der Waals surface area contributed by atoms with Gasteiger partial charge < -0.3 is 15.2 Å². The van der Waals surface area contributed by atoms with Crippen molar-refractivity contribution >= 4 is 0 Å². The lowest BCUT2D eigenvalue weighted by Gasteiger charge is -2.30. The summed E-state index contributed by atoms with van der Waals surface area (Å²) in [7, 11) is 1.65. The normalized spacial score (nSPS) is 16.4. The third kappa shape index (κ3) is 3.18. The molecular formula is C8H19NO2. The van der Waals surface area contributed by atoms with Gasteiger partial charge in [-0.05, 0) is 13.0 Å². The van der Waals surface area contributed by atoms with Gasteiger partial charge in [-0.1, -0.05) is 13.8 Å². The van der Waals surface area contributed by atoms with Gasteiger partial charge in [0, 0.05) is 7.11 Å². The highest BCUT2D eigenvalue weighted by Gasteiger charge is 2.25. The molecule has 0 fully saturated rings. The summed E-state index contributed by atoms with van der Waals surface area (Å²) in [6, 6.07) is 0. The van der Waals surface area contributed by atoms with Crippen LogP contribution in [0.2, 0.25) is 0 Å². The molecule has 0 spiro atoms. The van der Waals surface area contributed by atoms with E-state index in [9.17, 15) is 0 Å². The van der Waals surface area contributed by atoms with Crippen molar-refractivity contribution in [3.63, 3.8) is 0 Å². The van der Waals surface area contributed by atoms with Crippen molar-refractivity contribution < 1.29 is 9.84 Å². The maximum Gasteiger partial charge on any atom is 0.0666 e. The molecule has 2 N–H and O–H groups in total. The number of hydrogen-bond donors (Lipinski definition) is 2. The molecule has 0 aromatic rings. The van der Waals surface area contributed by atoms with Gasteiger partial charge in [0.25, 0.3) is 0 Å². The van der Waals surface area contributed by atoms with Crippen molar-refractivity contribution in [3.8, 4) is 0 Å². The summed E-state index contributed by atoms with van der Waals surface area (Å²) in [4.78, 5) is 0. The van der Waals surface area contributed by atoms with Gasteiger partial charge in [0.1, 0.15) is 0 Å². The highest BCUT2D eigenvalue weighted by atomic mass is 16.5. The Hall–Kier alpha value is -0.120. The van der Waals surface area contributed by atoms with E-state index in [2.05, 4.69) is 5.32 Å². The van der Waals surface area contributed by atoms with Crippen LogP contribution < -0.4 is 5.32 Å². The van der Waals surface area contributed by atoms with Crippen LogP contribution in [-0.4, -0.2) is 37.5 Å². The van der Waals surface area contributed by atoms with Gasteiger partial charge in [0.05, 0.1) is 18.8 Å². The van der Waals surface area contributed by atoms with E-state index in [-0.39, 0.29) is 12.1 Å². The SMILES string of the molecule is CCNC(CC)(CO)COC. The van der Waals surface area contributed by atoms with Crippen molar-refractivity contribution in [2.45, 2.75) is 25.8 Å². The molecule has 0 aromatic carbocycles. The van der Waals surface area contributed by atoms with E-state index in [1.807, 2.05) is 13.8 Å². The molecule has 3 nitrogen and oxygen atoms in total.